The molecule has 0 aliphatic carbocycles. The largest absolute Gasteiger partial charge is 0.327 e. The summed E-state index contributed by atoms with van der Waals surface area (Å²) in [5.41, 5.74) is 1.75. The molecule has 1 aromatic carbocycles. The number of imidazole rings is 2. The Bertz CT molecular complexity index is 1130. The van der Waals surface area contributed by atoms with Crippen molar-refractivity contribution in [1.82, 2.24) is 23.9 Å². The van der Waals surface area contributed by atoms with Crippen LogP contribution in [0.5, 0.6) is 0 Å². The molecule has 0 saturated heterocycles. The minimum absolute atomic E-state index is 0.309. The zero-order valence-corrected chi connectivity index (χ0v) is 13.2. The van der Waals surface area contributed by atoms with Crippen molar-refractivity contribution in [3.05, 3.63) is 57.4 Å². The lowest BCUT2D eigenvalue weighted by molar-refractivity contribution is 0.648. The second kappa shape index (κ2) is 5.52. The molecule has 0 aliphatic rings. The molecule has 0 fully saturated rings. The molecule has 4 rings (SSSR count). The summed E-state index contributed by atoms with van der Waals surface area (Å²) in [5, 5.41) is 0. The van der Waals surface area contributed by atoms with Crippen molar-refractivity contribution in [1.29, 1.82) is 0 Å². The van der Waals surface area contributed by atoms with E-state index in [0.29, 0.717) is 16.9 Å². The van der Waals surface area contributed by atoms with Gasteiger partial charge in [0.05, 0.1) is 5.69 Å². The summed E-state index contributed by atoms with van der Waals surface area (Å²) in [7, 11) is 0. The summed E-state index contributed by atoms with van der Waals surface area (Å²) >= 11 is 0. The van der Waals surface area contributed by atoms with Crippen LogP contribution in [-0.2, 0) is 6.54 Å². The van der Waals surface area contributed by atoms with E-state index in [-0.39, 0.29) is 0 Å². The number of hydrogen-bond donors (Lipinski definition) is 2. The average molecular weight is 323 g/mol. The lowest BCUT2D eigenvalue weighted by Crippen LogP contribution is -2.22. The summed E-state index contributed by atoms with van der Waals surface area (Å²) in [6, 6.07) is 10.0. The Morgan fingerprint density at radius 2 is 1.92 bits per heavy atom. The topological polar surface area (TPSA) is 88.0 Å². The van der Waals surface area contributed by atoms with E-state index in [2.05, 4.69) is 26.4 Å². The number of H-pyrrole nitrogens is 2. The maximum Gasteiger partial charge on any atom is 0.327 e. The van der Waals surface area contributed by atoms with Crippen LogP contribution >= 0.6 is 0 Å². The van der Waals surface area contributed by atoms with E-state index in [9.17, 15) is 9.59 Å². The molecule has 3 heterocycles. The monoisotopic (exact) mass is 323 g/mol. The number of nitrogens with zero attached hydrogens (tertiary/aromatic N) is 3. The fourth-order valence-corrected chi connectivity index (χ4v) is 3.01. The van der Waals surface area contributed by atoms with E-state index in [1.54, 1.807) is 4.40 Å². The number of fused-ring (bicyclic) bond motifs is 3. The summed E-state index contributed by atoms with van der Waals surface area (Å²) in [6.45, 7) is 2.93. The van der Waals surface area contributed by atoms with Crippen molar-refractivity contribution in [3.63, 3.8) is 0 Å². The van der Waals surface area contributed by atoms with Crippen molar-refractivity contribution < 1.29 is 0 Å². The maximum absolute atomic E-state index is 12.2. The van der Waals surface area contributed by atoms with Gasteiger partial charge in [-0.1, -0.05) is 43.7 Å². The highest BCUT2D eigenvalue weighted by Gasteiger charge is 2.17. The van der Waals surface area contributed by atoms with Crippen LogP contribution in [0.2, 0.25) is 0 Å². The van der Waals surface area contributed by atoms with Crippen LogP contribution in [0, 0.1) is 0 Å². The molecule has 0 aliphatic heterocycles. The van der Waals surface area contributed by atoms with E-state index in [0.717, 1.165) is 30.6 Å². The van der Waals surface area contributed by atoms with Crippen molar-refractivity contribution in [2.24, 2.45) is 0 Å². The van der Waals surface area contributed by atoms with Gasteiger partial charge in [0.15, 0.2) is 11.2 Å². The predicted octanol–water partition coefficient (Wildman–Crippen LogP) is 2.13. The Balaban J connectivity index is 2.06. The smallest absolute Gasteiger partial charge is 0.310 e. The third-order valence-electron chi connectivity index (χ3n) is 4.15. The molecule has 0 unspecified atom stereocenters. The van der Waals surface area contributed by atoms with Gasteiger partial charge in [0.25, 0.3) is 5.56 Å². The van der Waals surface area contributed by atoms with Gasteiger partial charge in [-0.2, -0.15) is 4.98 Å². The second-order valence-corrected chi connectivity index (χ2v) is 5.77. The van der Waals surface area contributed by atoms with Crippen molar-refractivity contribution in [2.75, 3.05) is 0 Å². The van der Waals surface area contributed by atoms with Crippen LogP contribution in [0.1, 0.15) is 19.8 Å². The first-order valence-corrected chi connectivity index (χ1v) is 7.98. The van der Waals surface area contributed by atoms with E-state index in [4.69, 9.17) is 0 Å². The number of aromatic amines is 2. The number of aromatic nitrogens is 5. The molecule has 0 saturated carbocycles. The summed E-state index contributed by atoms with van der Waals surface area (Å²) in [4.78, 5) is 33.0. The fourth-order valence-electron chi connectivity index (χ4n) is 3.01. The van der Waals surface area contributed by atoms with E-state index in [1.165, 1.54) is 0 Å². The first-order chi connectivity index (χ1) is 11.7. The summed E-state index contributed by atoms with van der Waals surface area (Å²) < 4.78 is 3.85. The Morgan fingerprint density at radius 1 is 1.12 bits per heavy atom. The Labute approximate surface area is 136 Å². The van der Waals surface area contributed by atoms with E-state index < -0.39 is 11.2 Å². The third kappa shape index (κ3) is 2.17. The molecule has 0 radical (unpaired) electrons. The Morgan fingerprint density at radius 3 is 2.67 bits per heavy atom. The van der Waals surface area contributed by atoms with Crippen molar-refractivity contribution in [2.45, 2.75) is 26.3 Å². The lowest BCUT2D eigenvalue weighted by Gasteiger charge is -2.07. The van der Waals surface area contributed by atoms with Gasteiger partial charge in [0.1, 0.15) is 0 Å². The van der Waals surface area contributed by atoms with Gasteiger partial charge in [-0.05, 0) is 12.0 Å². The molecule has 0 atom stereocenters. The SMILES string of the molecule is CCCCn1c(-c2ccccc2)cn2c3c(=O)[nH]c(=O)[nH]c3nc12. The van der Waals surface area contributed by atoms with Gasteiger partial charge in [-0.25, -0.2) is 4.79 Å². The van der Waals surface area contributed by atoms with E-state index in [1.807, 2.05) is 36.5 Å². The van der Waals surface area contributed by atoms with Gasteiger partial charge in [-0.15, -0.1) is 0 Å². The molecular formula is C17H17N5O2. The molecule has 0 bridgehead atoms. The summed E-state index contributed by atoms with van der Waals surface area (Å²) in [6.07, 6.45) is 3.96. The van der Waals surface area contributed by atoms with Crippen molar-refractivity contribution >= 4 is 16.9 Å². The average Bonchev–Trinajstić information content (AvgIpc) is 3.09. The molecule has 0 spiro atoms. The van der Waals surface area contributed by atoms with Crippen LogP contribution in [0.15, 0.2) is 46.1 Å². The number of unbranched alkanes of at least 4 members (excludes halogenated alkanes) is 1. The molecular weight excluding hydrogens is 306 g/mol. The first-order valence-electron chi connectivity index (χ1n) is 7.98. The van der Waals surface area contributed by atoms with Gasteiger partial charge in [-0.3, -0.25) is 19.2 Å². The van der Waals surface area contributed by atoms with Crippen LogP contribution in [0.25, 0.3) is 28.2 Å². The molecule has 0 amide bonds. The van der Waals surface area contributed by atoms with E-state index >= 15 is 0 Å². The fraction of sp³-hybridized carbons (Fsp3) is 0.235. The standard InChI is InChI=1S/C17H17N5O2/c1-2-3-9-21-12(11-7-5-4-6-8-11)10-22-13-14(19-17(21)22)18-16(24)20-15(13)23/h4-8,10H,2-3,9H2,1H3,(H2,18,20,23,24). The quantitative estimate of drug-likeness (QED) is 0.603. The second-order valence-electron chi connectivity index (χ2n) is 5.77. The molecule has 2 N–H and O–H groups in total. The molecule has 122 valence electrons. The molecule has 7 nitrogen and oxygen atoms in total. The number of rotatable bonds is 4. The number of nitrogens with one attached hydrogen (secondary N) is 2. The van der Waals surface area contributed by atoms with Crippen LogP contribution in [0.3, 0.4) is 0 Å². The number of hydrogen-bond acceptors (Lipinski definition) is 3. The number of benzene rings is 1. The molecule has 3 aromatic heterocycles. The molecule has 24 heavy (non-hydrogen) atoms. The van der Waals surface area contributed by atoms with Gasteiger partial charge >= 0.3 is 5.69 Å². The lowest BCUT2D eigenvalue weighted by atomic mass is 10.1. The van der Waals surface area contributed by atoms with Gasteiger partial charge < -0.3 is 4.57 Å². The highest BCUT2D eigenvalue weighted by molar-refractivity contribution is 5.77. The van der Waals surface area contributed by atoms with Crippen LogP contribution in [0.4, 0.5) is 0 Å². The maximum atomic E-state index is 12.2. The van der Waals surface area contributed by atoms with Gasteiger partial charge in [0.2, 0.25) is 5.78 Å². The highest BCUT2D eigenvalue weighted by Crippen LogP contribution is 2.25. The minimum Gasteiger partial charge on any atom is -0.310 e. The normalized spacial score (nSPS) is 11.5. The minimum atomic E-state index is -0.545. The van der Waals surface area contributed by atoms with Crippen LogP contribution < -0.4 is 11.2 Å². The Kier molecular flexibility index (Phi) is 3.34. The summed E-state index contributed by atoms with van der Waals surface area (Å²) in [5.74, 6) is 0.657. The molecule has 7 heteroatoms. The third-order valence-corrected chi connectivity index (χ3v) is 4.15. The zero-order chi connectivity index (χ0) is 16.7. The Hall–Kier alpha value is -3.09. The predicted molar refractivity (Wildman–Crippen MR) is 92.3 cm³/mol. The van der Waals surface area contributed by atoms with Gasteiger partial charge in [0, 0.05) is 12.7 Å². The zero-order valence-electron chi connectivity index (χ0n) is 13.2. The highest BCUT2D eigenvalue weighted by atomic mass is 16.2. The van der Waals surface area contributed by atoms with Crippen molar-refractivity contribution in [3.8, 4) is 11.3 Å². The number of aryl methyl sites for hydroxylation is 1. The van der Waals surface area contributed by atoms with Crippen LogP contribution in [-0.4, -0.2) is 23.9 Å². The first kappa shape index (κ1) is 14.5. The molecule has 4 aromatic rings.